The van der Waals surface area contributed by atoms with Crippen LogP contribution in [0.4, 0.5) is 5.69 Å². The van der Waals surface area contributed by atoms with Crippen LogP contribution in [0.15, 0.2) is 66.7 Å². The monoisotopic (exact) mass is 420 g/mol. The van der Waals surface area contributed by atoms with Gasteiger partial charge in [0.05, 0.1) is 32.6 Å². The molecule has 2 N–H and O–H groups in total. The van der Waals surface area contributed by atoms with E-state index in [1.165, 1.54) is 21.3 Å². The number of hydrogen-bond acceptors (Lipinski definition) is 5. The molecule has 7 heteroatoms. The van der Waals surface area contributed by atoms with E-state index in [-0.39, 0.29) is 18.4 Å². The van der Waals surface area contributed by atoms with Gasteiger partial charge in [0, 0.05) is 12.1 Å². The van der Waals surface area contributed by atoms with Gasteiger partial charge in [-0.3, -0.25) is 9.59 Å². The van der Waals surface area contributed by atoms with Crippen LogP contribution in [-0.2, 0) is 6.54 Å². The van der Waals surface area contributed by atoms with E-state index in [4.69, 9.17) is 14.2 Å². The Labute approximate surface area is 180 Å². The van der Waals surface area contributed by atoms with Gasteiger partial charge in [0.15, 0.2) is 11.5 Å². The number of hydrogen-bond donors (Lipinski definition) is 2. The predicted molar refractivity (Wildman–Crippen MR) is 118 cm³/mol. The highest BCUT2D eigenvalue weighted by Crippen LogP contribution is 2.38. The maximum atomic E-state index is 12.8. The normalized spacial score (nSPS) is 10.2. The Bertz CT molecular complexity index is 1040. The molecule has 0 saturated carbocycles. The molecule has 3 aromatic carbocycles. The van der Waals surface area contributed by atoms with Gasteiger partial charge in [-0.1, -0.05) is 30.3 Å². The third-order valence-electron chi connectivity index (χ3n) is 4.63. The Morgan fingerprint density at radius 2 is 1.39 bits per heavy atom. The van der Waals surface area contributed by atoms with Gasteiger partial charge in [-0.05, 0) is 42.0 Å². The molecule has 7 nitrogen and oxygen atoms in total. The number of benzene rings is 3. The molecule has 31 heavy (non-hydrogen) atoms. The summed E-state index contributed by atoms with van der Waals surface area (Å²) in [7, 11) is 4.60. The number of rotatable bonds is 8. The van der Waals surface area contributed by atoms with Crippen molar-refractivity contribution in [2.24, 2.45) is 0 Å². The number of amides is 2. The van der Waals surface area contributed by atoms with Gasteiger partial charge >= 0.3 is 0 Å². The largest absolute Gasteiger partial charge is 0.493 e. The number of para-hydroxylation sites is 1. The van der Waals surface area contributed by atoms with E-state index in [0.29, 0.717) is 34.1 Å². The molecule has 2 amide bonds. The molecule has 0 spiro atoms. The summed E-state index contributed by atoms with van der Waals surface area (Å²) < 4.78 is 16.0. The minimum absolute atomic E-state index is 0.233. The first-order chi connectivity index (χ1) is 15.1. The van der Waals surface area contributed by atoms with E-state index in [1.807, 2.05) is 6.07 Å². The molecule has 0 aliphatic rings. The van der Waals surface area contributed by atoms with E-state index in [1.54, 1.807) is 60.7 Å². The van der Waals surface area contributed by atoms with Crippen LogP contribution in [0.5, 0.6) is 17.2 Å². The summed E-state index contributed by atoms with van der Waals surface area (Å²) in [5.74, 6) is 0.875. The lowest BCUT2D eigenvalue weighted by Gasteiger charge is -2.15. The van der Waals surface area contributed by atoms with Crippen LogP contribution in [0.1, 0.15) is 26.3 Å². The molecule has 0 fully saturated rings. The van der Waals surface area contributed by atoms with Crippen LogP contribution >= 0.6 is 0 Å². The van der Waals surface area contributed by atoms with Crippen LogP contribution in [0, 0.1) is 0 Å². The first kappa shape index (κ1) is 21.7. The molecule has 3 rings (SSSR count). The zero-order chi connectivity index (χ0) is 22.2. The number of carbonyl (C=O) groups is 2. The smallest absolute Gasteiger partial charge is 0.255 e. The Morgan fingerprint density at radius 3 is 2.00 bits per heavy atom. The molecule has 3 aromatic rings. The van der Waals surface area contributed by atoms with Gasteiger partial charge in [0.2, 0.25) is 5.75 Å². The third-order valence-corrected chi connectivity index (χ3v) is 4.63. The zero-order valence-electron chi connectivity index (χ0n) is 17.6. The third kappa shape index (κ3) is 5.14. The number of ether oxygens (including phenoxy) is 3. The van der Waals surface area contributed by atoms with Crippen molar-refractivity contribution in [3.8, 4) is 17.2 Å². The molecule has 160 valence electrons. The number of methoxy groups -OCH3 is 3. The van der Waals surface area contributed by atoms with Gasteiger partial charge < -0.3 is 24.8 Å². The van der Waals surface area contributed by atoms with Gasteiger partial charge in [-0.25, -0.2) is 0 Å². The summed E-state index contributed by atoms with van der Waals surface area (Å²) in [5, 5.41) is 5.67. The van der Waals surface area contributed by atoms with Gasteiger partial charge in [-0.2, -0.15) is 0 Å². The summed E-state index contributed by atoms with van der Waals surface area (Å²) in [6.07, 6.45) is 0. The van der Waals surface area contributed by atoms with Crippen molar-refractivity contribution < 1.29 is 23.8 Å². The maximum Gasteiger partial charge on any atom is 0.255 e. The number of nitrogens with one attached hydrogen (secondary N) is 2. The zero-order valence-corrected chi connectivity index (χ0v) is 17.6. The fraction of sp³-hybridized carbons (Fsp3) is 0.167. The standard InChI is InChI=1S/C24H24N2O5/c1-29-20-13-16(14-21(30-2)22(20)31-3)15-25-24(28)18-11-7-8-12-19(18)26-23(27)17-9-5-4-6-10-17/h4-14H,15H2,1-3H3,(H,25,28)(H,26,27). The summed E-state index contributed by atoms with van der Waals surface area (Å²) in [5.41, 5.74) is 2.07. The number of carbonyl (C=O) groups excluding carboxylic acids is 2. The minimum Gasteiger partial charge on any atom is -0.493 e. The lowest BCUT2D eigenvalue weighted by atomic mass is 10.1. The molecule has 0 atom stereocenters. The van der Waals surface area contributed by atoms with E-state index >= 15 is 0 Å². The van der Waals surface area contributed by atoms with Crippen LogP contribution in [0.25, 0.3) is 0 Å². The summed E-state index contributed by atoms with van der Waals surface area (Å²) in [6.45, 7) is 0.233. The maximum absolute atomic E-state index is 12.8. The summed E-state index contributed by atoms with van der Waals surface area (Å²) >= 11 is 0. The molecule has 0 bridgehead atoms. The highest BCUT2D eigenvalue weighted by Gasteiger charge is 2.16. The van der Waals surface area contributed by atoms with Crippen molar-refractivity contribution in [3.05, 3.63) is 83.4 Å². The lowest BCUT2D eigenvalue weighted by molar-refractivity contribution is 0.0951. The first-order valence-electron chi connectivity index (χ1n) is 9.60. The van der Waals surface area contributed by atoms with Crippen molar-refractivity contribution in [2.45, 2.75) is 6.54 Å². The molecule has 0 unspecified atom stereocenters. The minimum atomic E-state index is -0.322. The Morgan fingerprint density at radius 1 is 0.774 bits per heavy atom. The van der Waals surface area contributed by atoms with Crippen LogP contribution in [0.3, 0.4) is 0 Å². The second-order valence-corrected chi connectivity index (χ2v) is 6.58. The average Bonchev–Trinajstić information content (AvgIpc) is 2.82. The van der Waals surface area contributed by atoms with Crippen molar-refractivity contribution in [2.75, 3.05) is 26.6 Å². The topological polar surface area (TPSA) is 85.9 Å². The number of anilines is 1. The molecule has 0 heterocycles. The average molecular weight is 420 g/mol. The van der Waals surface area contributed by atoms with Gasteiger partial charge in [0.1, 0.15) is 0 Å². The van der Waals surface area contributed by atoms with Crippen molar-refractivity contribution >= 4 is 17.5 Å². The molecule has 0 aliphatic carbocycles. The fourth-order valence-corrected chi connectivity index (χ4v) is 3.09. The Hall–Kier alpha value is -4.00. The van der Waals surface area contributed by atoms with Crippen molar-refractivity contribution in [1.82, 2.24) is 5.32 Å². The van der Waals surface area contributed by atoms with Crippen LogP contribution in [0.2, 0.25) is 0 Å². The van der Waals surface area contributed by atoms with E-state index in [0.717, 1.165) is 5.56 Å². The van der Waals surface area contributed by atoms with E-state index < -0.39 is 0 Å². The first-order valence-corrected chi connectivity index (χ1v) is 9.60. The van der Waals surface area contributed by atoms with E-state index in [9.17, 15) is 9.59 Å². The molecular formula is C24H24N2O5. The SMILES string of the molecule is COc1cc(CNC(=O)c2ccccc2NC(=O)c2ccccc2)cc(OC)c1OC. The van der Waals surface area contributed by atoms with Crippen LogP contribution in [-0.4, -0.2) is 33.1 Å². The van der Waals surface area contributed by atoms with Crippen molar-refractivity contribution in [1.29, 1.82) is 0 Å². The lowest BCUT2D eigenvalue weighted by Crippen LogP contribution is -2.25. The fourth-order valence-electron chi connectivity index (χ4n) is 3.09. The molecule has 0 saturated heterocycles. The second kappa shape index (κ2) is 10.2. The Balaban J connectivity index is 1.75. The van der Waals surface area contributed by atoms with Gasteiger partial charge in [-0.15, -0.1) is 0 Å². The molecule has 0 radical (unpaired) electrons. The Kier molecular flexibility index (Phi) is 7.11. The molecular weight excluding hydrogens is 396 g/mol. The highest BCUT2D eigenvalue weighted by molar-refractivity contribution is 6.08. The predicted octanol–water partition coefficient (Wildman–Crippen LogP) is 3.89. The summed E-state index contributed by atoms with van der Waals surface area (Å²) in [4.78, 5) is 25.3. The second-order valence-electron chi connectivity index (χ2n) is 6.58. The van der Waals surface area contributed by atoms with Crippen LogP contribution < -0.4 is 24.8 Å². The molecule has 0 aliphatic heterocycles. The quantitative estimate of drug-likeness (QED) is 0.577. The van der Waals surface area contributed by atoms with Crippen molar-refractivity contribution in [3.63, 3.8) is 0 Å². The van der Waals surface area contributed by atoms with Gasteiger partial charge in [0.25, 0.3) is 11.8 Å². The highest BCUT2D eigenvalue weighted by atomic mass is 16.5. The summed E-state index contributed by atoms with van der Waals surface area (Å²) in [6, 6.07) is 19.2. The van der Waals surface area contributed by atoms with E-state index in [2.05, 4.69) is 10.6 Å². The molecule has 0 aromatic heterocycles.